The summed E-state index contributed by atoms with van der Waals surface area (Å²) in [6.45, 7) is 1.73. The second-order valence-electron chi connectivity index (χ2n) is 7.46. The summed E-state index contributed by atoms with van der Waals surface area (Å²) in [5.74, 6) is -0.554. The van der Waals surface area contributed by atoms with E-state index in [4.69, 9.17) is 9.47 Å². The SMILES string of the molecule is CCOC(=O)CN1C(=O)/C(=C/c2ccc(/C=C/C(=O)N(C)c3cccnc3)s2)Oc2ccccc21. The van der Waals surface area contributed by atoms with Crippen LogP contribution in [0.25, 0.3) is 12.2 Å². The molecule has 1 aliphatic rings. The Hall–Kier alpha value is -4.24. The predicted octanol–water partition coefficient (Wildman–Crippen LogP) is 4.15. The minimum atomic E-state index is -0.499. The number of ether oxygens (including phenoxy) is 2. The predicted molar refractivity (Wildman–Crippen MR) is 135 cm³/mol. The number of fused-ring (bicyclic) bond motifs is 1. The summed E-state index contributed by atoms with van der Waals surface area (Å²) < 4.78 is 10.9. The Labute approximate surface area is 206 Å². The van der Waals surface area contributed by atoms with Gasteiger partial charge in [0.15, 0.2) is 11.5 Å². The van der Waals surface area contributed by atoms with Crippen molar-refractivity contribution in [2.24, 2.45) is 0 Å². The standard InChI is InChI=1S/C26H23N3O5S/c1-3-33-25(31)17-29-21-8-4-5-9-22(21)34-23(26(29)32)15-20-11-10-19(35-20)12-13-24(30)28(2)18-7-6-14-27-16-18/h4-16H,3,17H2,1-2H3/b13-12+,23-15-. The van der Waals surface area contributed by atoms with Crippen molar-refractivity contribution in [1.82, 2.24) is 4.98 Å². The van der Waals surface area contributed by atoms with E-state index in [1.165, 1.54) is 27.2 Å². The zero-order valence-electron chi connectivity index (χ0n) is 19.2. The molecule has 1 aromatic carbocycles. The molecular weight excluding hydrogens is 466 g/mol. The van der Waals surface area contributed by atoms with Crippen molar-refractivity contribution >= 4 is 52.6 Å². The number of para-hydroxylation sites is 2. The summed E-state index contributed by atoms with van der Waals surface area (Å²) in [5, 5.41) is 0. The monoisotopic (exact) mass is 489 g/mol. The largest absolute Gasteiger partial charge is 0.465 e. The maximum atomic E-state index is 13.1. The van der Waals surface area contributed by atoms with Crippen LogP contribution in [-0.2, 0) is 19.1 Å². The highest BCUT2D eigenvalue weighted by atomic mass is 32.1. The summed E-state index contributed by atoms with van der Waals surface area (Å²) in [4.78, 5) is 46.1. The van der Waals surface area contributed by atoms with E-state index in [9.17, 15) is 14.4 Å². The van der Waals surface area contributed by atoms with Gasteiger partial charge < -0.3 is 14.4 Å². The van der Waals surface area contributed by atoms with Crippen LogP contribution in [0.3, 0.4) is 0 Å². The molecule has 0 N–H and O–H groups in total. The first-order valence-corrected chi connectivity index (χ1v) is 11.7. The summed E-state index contributed by atoms with van der Waals surface area (Å²) in [6, 6.07) is 14.3. The van der Waals surface area contributed by atoms with Crippen LogP contribution >= 0.6 is 11.3 Å². The Morgan fingerprint density at radius 2 is 1.94 bits per heavy atom. The third kappa shape index (κ3) is 5.64. The second-order valence-corrected chi connectivity index (χ2v) is 8.60. The highest BCUT2D eigenvalue weighted by molar-refractivity contribution is 7.13. The van der Waals surface area contributed by atoms with Crippen LogP contribution in [0.1, 0.15) is 16.7 Å². The van der Waals surface area contributed by atoms with Gasteiger partial charge in [0.05, 0.1) is 24.2 Å². The van der Waals surface area contributed by atoms with Gasteiger partial charge in [-0.3, -0.25) is 24.3 Å². The molecule has 0 spiro atoms. The van der Waals surface area contributed by atoms with Crippen LogP contribution in [0.5, 0.6) is 5.75 Å². The van der Waals surface area contributed by atoms with Gasteiger partial charge in [0.1, 0.15) is 6.54 Å². The molecule has 3 aromatic rings. The molecule has 2 aromatic heterocycles. The third-order valence-electron chi connectivity index (χ3n) is 5.10. The zero-order chi connectivity index (χ0) is 24.8. The first-order chi connectivity index (χ1) is 17.0. The number of hydrogen-bond acceptors (Lipinski definition) is 7. The van der Waals surface area contributed by atoms with Crippen molar-refractivity contribution < 1.29 is 23.9 Å². The number of carbonyl (C=O) groups excluding carboxylic acids is 3. The molecule has 0 aliphatic carbocycles. The van der Waals surface area contributed by atoms with Gasteiger partial charge in [-0.15, -0.1) is 11.3 Å². The zero-order valence-corrected chi connectivity index (χ0v) is 20.0. The molecule has 0 atom stereocenters. The van der Waals surface area contributed by atoms with Crippen molar-refractivity contribution in [3.8, 4) is 5.75 Å². The maximum Gasteiger partial charge on any atom is 0.326 e. The Morgan fingerprint density at radius 3 is 2.71 bits per heavy atom. The number of thiophene rings is 1. The molecule has 0 radical (unpaired) electrons. The Bertz CT molecular complexity index is 1300. The lowest BCUT2D eigenvalue weighted by molar-refractivity contribution is -0.142. The van der Waals surface area contributed by atoms with Gasteiger partial charge in [0.25, 0.3) is 11.8 Å². The highest BCUT2D eigenvalue weighted by Gasteiger charge is 2.32. The van der Waals surface area contributed by atoms with E-state index in [2.05, 4.69) is 4.98 Å². The molecule has 0 saturated carbocycles. The van der Waals surface area contributed by atoms with Crippen molar-refractivity contribution in [3.63, 3.8) is 0 Å². The minimum Gasteiger partial charge on any atom is -0.465 e. The number of pyridine rings is 1. The molecule has 35 heavy (non-hydrogen) atoms. The number of aromatic nitrogens is 1. The number of amides is 2. The third-order valence-corrected chi connectivity index (χ3v) is 6.10. The fourth-order valence-corrected chi connectivity index (χ4v) is 4.21. The lowest BCUT2D eigenvalue weighted by atomic mass is 10.2. The molecule has 4 rings (SSSR count). The van der Waals surface area contributed by atoms with Crippen LogP contribution in [0.4, 0.5) is 11.4 Å². The van der Waals surface area contributed by atoms with Crippen LogP contribution in [-0.4, -0.2) is 43.0 Å². The molecule has 8 nitrogen and oxygen atoms in total. The number of likely N-dealkylation sites (N-methyl/N-ethyl adjacent to an activating group) is 1. The molecule has 2 amide bonds. The van der Waals surface area contributed by atoms with Gasteiger partial charge in [-0.25, -0.2) is 0 Å². The fraction of sp³-hybridized carbons (Fsp3) is 0.154. The molecule has 0 unspecified atom stereocenters. The van der Waals surface area contributed by atoms with E-state index in [1.54, 1.807) is 74.9 Å². The van der Waals surface area contributed by atoms with Crippen LogP contribution in [0.15, 0.2) is 72.8 Å². The van der Waals surface area contributed by atoms with Crippen molar-refractivity contribution in [2.75, 3.05) is 30.0 Å². The van der Waals surface area contributed by atoms with E-state index in [0.717, 1.165) is 9.75 Å². The lowest BCUT2D eigenvalue weighted by Gasteiger charge is -2.29. The average molecular weight is 490 g/mol. The van der Waals surface area contributed by atoms with Crippen LogP contribution in [0, 0.1) is 0 Å². The minimum absolute atomic E-state index is 0.0952. The fourth-order valence-electron chi connectivity index (χ4n) is 3.36. The number of anilines is 2. The van der Waals surface area contributed by atoms with Gasteiger partial charge in [0, 0.05) is 35.2 Å². The number of esters is 1. The average Bonchev–Trinajstić information content (AvgIpc) is 3.32. The number of rotatable bonds is 7. The van der Waals surface area contributed by atoms with Gasteiger partial charge in [0.2, 0.25) is 0 Å². The molecule has 0 fully saturated rings. The number of nitrogens with zero attached hydrogens (tertiary/aromatic N) is 3. The van der Waals surface area contributed by atoms with Gasteiger partial charge >= 0.3 is 5.97 Å². The Morgan fingerprint density at radius 1 is 1.14 bits per heavy atom. The Balaban J connectivity index is 1.51. The highest BCUT2D eigenvalue weighted by Crippen LogP contribution is 2.36. The summed E-state index contributed by atoms with van der Waals surface area (Å²) >= 11 is 1.39. The molecule has 1 aliphatic heterocycles. The molecule has 178 valence electrons. The first kappa shape index (κ1) is 23.9. The molecule has 0 saturated heterocycles. The maximum absolute atomic E-state index is 13.1. The quantitative estimate of drug-likeness (QED) is 0.366. The van der Waals surface area contributed by atoms with Crippen molar-refractivity contribution in [2.45, 2.75) is 6.92 Å². The number of carbonyl (C=O) groups is 3. The Kier molecular flexibility index (Phi) is 7.37. The molecular formula is C26H23N3O5S. The van der Waals surface area contributed by atoms with E-state index in [-0.39, 0.29) is 24.8 Å². The van der Waals surface area contributed by atoms with Crippen molar-refractivity contribution in [3.05, 3.63) is 82.5 Å². The summed E-state index contributed by atoms with van der Waals surface area (Å²) in [6.07, 6.45) is 8.09. The van der Waals surface area contributed by atoms with E-state index in [0.29, 0.717) is 17.1 Å². The lowest BCUT2D eigenvalue weighted by Crippen LogP contribution is -2.41. The van der Waals surface area contributed by atoms with Gasteiger partial charge in [-0.05, 0) is 49.4 Å². The number of hydrogen-bond donors (Lipinski definition) is 0. The van der Waals surface area contributed by atoms with Gasteiger partial charge in [-0.2, -0.15) is 0 Å². The smallest absolute Gasteiger partial charge is 0.326 e. The summed E-state index contributed by atoms with van der Waals surface area (Å²) in [5.41, 5.74) is 1.20. The topological polar surface area (TPSA) is 89.0 Å². The van der Waals surface area contributed by atoms with E-state index >= 15 is 0 Å². The second kappa shape index (κ2) is 10.8. The molecule has 0 bridgehead atoms. The molecule has 3 heterocycles. The normalized spacial score (nSPS) is 14.1. The summed E-state index contributed by atoms with van der Waals surface area (Å²) in [7, 11) is 1.68. The molecule has 9 heteroatoms. The van der Waals surface area contributed by atoms with Crippen LogP contribution in [0.2, 0.25) is 0 Å². The van der Waals surface area contributed by atoms with E-state index in [1.807, 2.05) is 12.1 Å². The van der Waals surface area contributed by atoms with Crippen LogP contribution < -0.4 is 14.5 Å². The van der Waals surface area contributed by atoms with E-state index < -0.39 is 11.9 Å². The van der Waals surface area contributed by atoms with Gasteiger partial charge in [-0.1, -0.05) is 12.1 Å². The van der Waals surface area contributed by atoms with Crippen molar-refractivity contribution in [1.29, 1.82) is 0 Å². The first-order valence-electron chi connectivity index (χ1n) is 10.9. The number of benzene rings is 1.